The highest BCUT2D eigenvalue weighted by molar-refractivity contribution is 5.42. The van der Waals surface area contributed by atoms with Crippen LogP contribution in [-0.4, -0.2) is 31.1 Å². The Morgan fingerprint density at radius 2 is 1.90 bits per heavy atom. The molecule has 0 spiro atoms. The standard InChI is InChI=1S/C17H26N2O/c1-11-6-12(2)10-19(9-11)16-7-13-4-5-14(20-3)8-15(13)17(16)18/h4-5,8,11-12,16-17H,6-7,9-10,18H2,1-3H3. The van der Waals surface area contributed by atoms with Crippen LogP contribution in [0.4, 0.5) is 0 Å². The molecule has 1 aromatic rings. The molecule has 2 aliphatic rings. The Morgan fingerprint density at radius 1 is 1.20 bits per heavy atom. The summed E-state index contributed by atoms with van der Waals surface area (Å²) in [6.07, 6.45) is 2.43. The largest absolute Gasteiger partial charge is 0.497 e. The summed E-state index contributed by atoms with van der Waals surface area (Å²) >= 11 is 0. The molecule has 3 heteroatoms. The number of hydrogen-bond donors (Lipinski definition) is 1. The molecule has 4 unspecified atom stereocenters. The van der Waals surface area contributed by atoms with Gasteiger partial charge in [0, 0.05) is 25.2 Å². The Hall–Kier alpha value is -1.06. The lowest BCUT2D eigenvalue weighted by Gasteiger charge is -2.40. The first kappa shape index (κ1) is 13.9. The van der Waals surface area contributed by atoms with E-state index in [0.717, 1.165) is 24.0 Å². The van der Waals surface area contributed by atoms with Crippen LogP contribution in [-0.2, 0) is 6.42 Å². The smallest absolute Gasteiger partial charge is 0.119 e. The van der Waals surface area contributed by atoms with E-state index in [1.165, 1.54) is 30.6 Å². The van der Waals surface area contributed by atoms with Crippen LogP contribution in [0.2, 0.25) is 0 Å². The molecule has 110 valence electrons. The lowest BCUT2D eigenvalue weighted by Crippen LogP contribution is -2.48. The van der Waals surface area contributed by atoms with Gasteiger partial charge in [-0.25, -0.2) is 0 Å². The quantitative estimate of drug-likeness (QED) is 0.901. The average molecular weight is 274 g/mol. The molecular weight excluding hydrogens is 248 g/mol. The third-order valence-corrected chi connectivity index (χ3v) is 4.92. The molecule has 1 heterocycles. The van der Waals surface area contributed by atoms with Gasteiger partial charge < -0.3 is 10.5 Å². The summed E-state index contributed by atoms with van der Waals surface area (Å²) in [6, 6.07) is 6.94. The average Bonchev–Trinajstić information content (AvgIpc) is 2.74. The summed E-state index contributed by atoms with van der Waals surface area (Å²) in [5.74, 6) is 2.48. The SMILES string of the molecule is COc1ccc2c(c1)C(N)C(N1CC(C)CC(C)C1)C2. The molecule has 1 aliphatic heterocycles. The summed E-state index contributed by atoms with van der Waals surface area (Å²) in [6.45, 7) is 7.10. The molecule has 3 rings (SSSR count). The van der Waals surface area contributed by atoms with Crippen LogP contribution >= 0.6 is 0 Å². The topological polar surface area (TPSA) is 38.5 Å². The molecule has 4 atom stereocenters. The highest BCUT2D eigenvalue weighted by atomic mass is 16.5. The van der Waals surface area contributed by atoms with Crippen LogP contribution in [0.1, 0.15) is 37.4 Å². The van der Waals surface area contributed by atoms with Gasteiger partial charge in [-0.3, -0.25) is 4.90 Å². The maximum atomic E-state index is 6.54. The van der Waals surface area contributed by atoms with Crippen molar-refractivity contribution in [1.82, 2.24) is 4.90 Å². The second-order valence-electron chi connectivity index (χ2n) is 6.76. The Kier molecular flexibility index (Phi) is 3.74. The minimum atomic E-state index is 0.123. The van der Waals surface area contributed by atoms with Crippen molar-refractivity contribution in [1.29, 1.82) is 0 Å². The summed E-state index contributed by atoms with van der Waals surface area (Å²) in [5, 5.41) is 0. The third kappa shape index (κ3) is 2.45. The summed E-state index contributed by atoms with van der Waals surface area (Å²) in [5.41, 5.74) is 9.21. The van der Waals surface area contributed by atoms with Crippen molar-refractivity contribution >= 4 is 0 Å². The first-order chi connectivity index (χ1) is 9.58. The van der Waals surface area contributed by atoms with E-state index in [-0.39, 0.29) is 6.04 Å². The van der Waals surface area contributed by atoms with Gasteiger partial charge in [0.25, 0.3) is 0 Å². The van der Waals surface area contributed by atoms with Gasteiger partial charge in [0.15, 0.2) is 0 Å². The van der Waals surface area contributed by atoms with Crippen molar-refractivity contribution in [3.05, 3.63) is 29.3 Å². The Balaban J connectivity index is 1.80. The minimum absolute atomic E-state index is 0.123. The van der Waals surface area contributed by atoms with Gasteiger partial charge in [-0.05, 0) is 47.9 Å². The molecule has 1 aromatic carbocycles. The normalized spacial score (nSPS) is 34.0. The van der Waals surface area contributed by atoms with Crippen LogP contribution in [0.3, 0.4) is 0 Å². The van der Waals surface area contributed by atoms with Crippen LogP contribution in [0.5, 0.6) is 5.75 Å². The van der Waals surface area contributed by atoms with E-state index in [0.29, 0.717) is 6.04 Å². The Morgan fingerprint density at radius 3 is 2.55 bits per heavy atom. The second-order valence-corrected chi connectivity index (χ2v) is 6.76. The fourth-order valence-electron chi connectivity index (χ4n) is 4.09. The zero-order valence-corrected chi connectivity index (χ0v) is 12.8. The molecular formula is C17H26N2O. The van der Waals surface area contributed by atoms with Crippen molar-refractivity contribution in [2.24, 2.45) is 17.6 Å². The number of benzene rings is 1. The van der Waals surface area contributed by atoms with Crippen molar-refractivity contribution in [2.45, 2.75) is 38.8 Å². The van der Waals surface area contributed by atoms with Crippen molar-refractivity contribution in [3.8, 4) is 5.75 Å². The molecule has 1 saturated heterocycles. The highest BCUT2D eigenvalue weighted by Crippen LogP contribution is 2.37. The Bertz CT molecular complexity index is 478. The number of nitrogens with two attached hydrogens (primary N) is 1. The molecule has 1 aliphatic carbocycles. The lowest BCUT2D eigenvalue weighted by molar-refractivity contribution is 0.0877. The fraction of sp³-hybridized carbons (Fsp3) is 0.647. The number of likely N-dealkylation sites (tertiary alicyclic amines) is 1. The first-order valence-electron chi connectivity index (χ1n) is 7.75. The molecule has 0 bridgehead atoms. The molecule has 0 amide bonds. The van der Waals surface area contributed by atoms with E-state index in [9.17, 15) is 0 Å². The zero-order valence-electron chi connectivity index (χ0n) is 12.8. The monoisotopic (exact) mass is 274 g/mol. The number of piperidine rings is 1. The predicted molar refractivity (Wildman–Crippen MR) is 81.9 cm³/mol. The number of fused-ring (bicyclic) bond motifs is 1. The van der Waals surface area contributed by atoms with Crippen molar-refractivity contribution in [2.75, 3.05) is 20.2 Å². The summed E-state index contributed by atoms with van der Waals surface area (Å²) in [4.78, 5) is 2.62. The molecule has 0 aromatic heterocycles. The van der Waals surface area contributed by atoms with Gasteiger partial charge in [0.1, 0.15) is 5.75 Å². The van der Waals surface area contributed by atoms with Crippen LogP contribution in [0.25, 0.3) is 0 Å². The van der Waals surface area contributed by atoms with Crippen molar-refractivity contribution < 1.29 is 4.74 Å². The van der Waals surface area contributed by atoms with E-state index in [4.69, 9.17) is 10.5 Å². The summed E-state index contributed by atoms with van der Waals surface area (Å²) in [7, 11) is 1.72. The first-order valence-corrected chi connectivity index (χ1v) is 7.75. The maximum Gasteiger partial charge on any atom is 0.119 e. The Labute approximate surface area is 122 Å². The molecule has 0 saturated carbocycles. The van der Waals surface area contributed by atoms with Crippen LogP contribution < -0.4 is 10.5 Å². The number of rotatable bonds is 2. The fourth-order valence-corrected chi connectivity index (χ4v) is 4.09. The number of nitrogens with zero attached hydrogens (tertiary/aromatic N) is 1. The lowest BCUT2D eigenvalue weighted by atomic mass is 9.90. The zero-order chi connectivity index (χ0) is 14.3. The number of ether oxygens (including phenoxy) is 1. The van der Waals surface area contributed by atoms with Gasteiger partial charge in [-0.15, -0.1) is 0 Å². The van der Waals surface area contributed by atoms with Gasteiger partial charge in [-0.2, -0.15) is 0 Å². The molecule has 1 fully saturated rings. The molecule has 3 nitrogen and oxygen atoms in total. The highest BCUT2D eigenvalue weighted by Gasteiger charge is 2.36. The van der Waals surface area contributed by atoms with Gasteiger partial charge in [0.2, 0.25) is 0 Å². The second kappa shape index (κ2) is 5.38. The number of hydrogen-bond acceptors (Lipinski definition) is 3. The predicted octanol–water partition coefficient (Wildman–Crippen LogP) is 2.60. The molecule has 20 heavy (non-hydrogen) atoms. The molecule has 0 radical (unpaired) electrons. The minimum Gasteiger partial charge on any atom is -0.497 e. The van der Waals surface area contributed by atoms with E-state index < -0.39 is 0 Å². The maximum absolute atomic E-state index is 6.54. The van der Waals surface area contributed by atoms with Crippen LogP contribution in [0.15, 0.2) is 18.2 Å². The summed E-state index contributed by atoms with van der Waals surface area (Å²) < 4.78 is 5.33. The van der Waals surface area contributed by atoms with Gasteiger partial charge >= 0.3 is 0 Å². The van der Waals surface area contributed by atoms with E-state index >= 15 is 0 Å². The number of methoxy groups -OCH3 is 1. The van der Waals surface area contributed by atoms with Gasteiger partial charge in [0.05, 0.1) is 7.11 Å². The van der Waals surface area contributed by atoms with E-state index in [1.54, 1.807) is 7.11 Å². The molecule has 2 N–H and O–H groups in total. The third-order valence-electron chi connectivity index (χ3n) is 4.92. The van der Waals surface area contributed by atoms with Gasteiger partial charge in [-0.1, -0.05) is 19.9 Å². The van der Waals surface area contributed by atoms with Crippen molar-refractivity contribution in [3.63, 3.8) is 0 Å². The van der Waals surface area contributed by atoms with E-state index in [1.807, 2.05) is 0 Å². The van der Waals surface area contributed by atoms with E-state index in [2.05, 4.69) is 36.9 Å². The van der Waals surface area contributed by atoms with Crippen LogP contribution in [0, 0.1) is 11.8 Å².